The maximum atomic E-state index is 12.7. The lowest BCUT2D eigenvalue weighted by molar-refractivity contribution is -0.149. The number of aromatic nitrogens is 1. The van der Waals surface area contributed by atoms with Crippen LogP contribution in [-0.2, 0) is 23.9 Å². The van der Waals surface area contributed by atoms with Crippen LogP contribution in [0.15, 0.2) is 24.5 Å². The molecule has 0 saturated carbocycles. The number of methoxy groups -OCH3 is 2. The van der Waals surface area contributed by atoms with Crippen molar-refractivity contribution in [3.8, 4) is 0 Å². The Morgan fingerprint density at radius 3 is 2.64 bits per heavy atom. The molecule has 0 aliphatic carbocycles. The molecule has 1 saturated heterocycles. The van der Waals surface area contributed by atoms with Gasteiger partial charge in [-0.15, -0.1) is 0 Å². The van der Waals surface area contributed by atoms with Gasteiger partial charge < -0.3 is 24.6 Å². The van der Waals surface area contributed by atoms with Crippen molar-refractivity contribution >= 4 is 23.7 Å². The van der Waals surface area contributed by atoms with Crippen molar-refractivity contribution in [3.05, 3.63) is 30.1 Å². The summed E-state index contributed by atoms with van der Waals surface area (Å²) in [5, 5.41) is 2.53. The van der Waals surface area contributed by atoms with Crippen molar-refractivity contribution < 1.29 is 28.7 Å². The summed E-state index contributed by atoms with van der Waals surface area (Å²) in [6.07, 6.45) is 3.00. The van der Waals surface area contributed by atoms with Gasteiger partial charge in [-0.1, -0.05) is 0 Å². The number of rotatable bonds is 6. The lowest BCUT2D eigenvalue weighted by atomic mass is 10.1. The van der Waals surface area contributed by atoms with E-state index in [4.69, 9.17) is 4.74 Å². The van der Waals surface area contributed by atoms with E-state index < -0.39 is 24.0 Å². The number of piperazine rings is 1. The lowest BCUT2D eigenvalue weighted by Crippen LogP contribution is -2.63. The Hall–Kier alpha value is -3.01. The molecule has 0 aromatic carbocycles. The third-order valence-corrected chi connectivity index (χ3v) is 4.38. The Labute approximate surface area is 162 Å². The molecule has 0 bridgehead atoms. The van der Waals surface area contributed by atoms with Crippen LogP contribution in [0.2, 0.25) is 0 Å². The van der Waals surface area contributed by atoms with E-state index in [2.05, 4.69) is 15.0 Å². The van der Waals surface area contributed by atoms with Gasteiger partial charge in [0.1, 0.15) is 18.7 Å². The van der Waals surface area contributed by atoms with E-state index in [0.717, 1.165) is 0 Å². The van der Waals surface area contributed by atoms with Gasteiger partial charge in [-0.2, -0.15) is 0 Å². The van der Waals surface area contributed by atoms with Crippen molar-refractivity contribution in [2.24, 2.45) is 0 Å². The molecule has 1 N–H and O–H groups in total. The number of carbonyl (C=O) groups is 4. The summed E-state index contributed by atoms with van der Waals surface area (Å²) in [6.45, 7) is 1.71. The van der Waals surface area contributed by atoms with Gasteiger partial charge in [0.15, 0.2) is 0 Å². The smallest absolute Gasteiger partial charge is 0.328 e. The summed E-state index contributed by atoms with van der Waals surface area (Å²) < 4.78 is 9.48. The predicted octanol–water partition coefficient (Wildman–Crippen LogP) is -0.941. The van der Waals surface area contributed by atoms with Crippen LogP contribution >= 0.6 is 0 Å². The summed E-state index contributed by atoms with van der Waals surface area (Å²) in [5.74, 6) is -1.82. The second kappa shape index (κ2) is 9.79. The Kier molecular flexibility index (Phi) is 7.44. The first-order valence-corrected chi connectivity index (χ1v) is 8.75. The van der Waals surface area contributed by atoms with Crippen molar-refractivity contribution in [3.63, 3.8) is 0 Å². The molecule has 2 atom stereocenters. The average molecular weight is 392 g/mol. The predicted molar refractivity (Wildman–Crippen MR) is 97.1 cm³/mol. The van der Waals surface area contributed by atoms with Crippen molar-refractivity contribution in [1.82, 2.24) is 20.1 Å². The Bertz CT molecular complexity index is 726. The van der Waals surface area contributed by atoms with Crippen molar-refractivity contribution in [2.45, 2.75) is 19.0 Å². The first-order chi connectivity index (χ1) is 13.4. The molecule has 1 aliphatic rings. The summed E-state index contributed by atoms with van der Waals surface area (Å²) >= 11 is 0. The summed E-state index contributed by atoms with van der Waals surface area (Å²) in [5.41, 5.74) is 0.390. The number of hydrogen-bond acceptors (Lipinski definition) is 7. The molecule has 2 rings (SSSR count). The summed E-state index contributed by atoms with van der Waals surface area (Å²) in [7, 11) is 2.60. The molecule has 0 unspecified atom stereocenters. The Balaban J connectivity index is 2.18. The molecule has 0 spiro atoms. The molecule has 152 valence electrons. The van der Waals surface area contributed by atoms with Gasteiger partial charge in [0, 0.05) is 32.6 Å². The summed E-state index contributed by atoms with van der Waals surface area (Å²) in [4.78, 5) is 56.2. The quantitative estimate of drug-likeness (QED) is 0.621. The van der Waals surface area contributed by atoms with E-state index in [1.54, 1.807) is 18.3 Å². The number of esters is 1. The van der Waals surface area contributed by atoms with Crippen LogP contribution in [0.1, 0.15) is 17.3 Å². The summed E-state index contributed by atoms with van der Waals surface area (Å²) in [6, 6.07) is 1.44. The van der Waals surface area contributed by atoms with Gasteiger partial charge in [0.2, 0.25) is 11.8 Å². The van der Waals surface area contributed by atoms with Crippen LogP contribution in [0.3, 0.4) is 0 Å². The highest BCUT2D eigenvalue weighted by atomic mass is 16.5. The van der Waals surface area contributed by atoms with E-state index in [-0.39, 0.29) is 38.1 Å². The van der Waals surface area contributed by atoms with E-state index in [0.29, 0.717) is 5.56 Å². The van der Waals surface area contributed by atoms with E-state index in [9.17, 15) is 19.2 Å². The molecular weight excluding hydrogens is 368 g/mol. The molecule has 1 aromatic rings. The molecule has 2 heterocycles. The highest BCUT2D eigenvalue weighted by molar-refractivity contribution is 5.96. The SMILES string of the molecule is COCC(=O)N1CCN(C(=O)c2cccnc2)C[C@H]1C(=O)N[C@H](C)C(=O)OC. The number of carbonyl (C=O) groups excluding carboxylic acids is 4. The highest BCUT2D eigenvalue weighted by Gasteiger charge is 2.38. The van der Waals surface area contributed by atoms with Crippen LogP contribution in [0.25, 0.3) is 0 Å². The highest BCUT2D eigenvalue weighted by Crippen LogP contribution is 2.14. The van der Waals surface area contributed by atoms with Gasteiger partial charge in [0.05, 0.1) is 19.2 Å². The van der Waals surface area contributed by atoms with Crippen LogP contribution in [0.5, 0.6) is 0 Å². The molecule has 28 heavy (non-hydrogen) atoms. The molecule has 10 heteroatoms. The van der Waals surface area contributed by atoms with Gasteiger partial charge >= 0.3 is 5.97 Å². The fraction of sp³-hybridized carbons (Fsp3) is 0.500. The molecule has 1 aliphatic heterocycles. The number of hydrogen-bond donors (Lipinski definition) is 1. The minimum absolute atomic E-state index is 0.0110. The zero-order valence-corrected chi connectivity index (χ0v) is 16.1. The Morgan fingerprint density at radius 2 is 2.04 bits per heavy atom. The largest absolute Gasteiger partial charge is 0.467 e. The minimum Gasteiger partial charge on any atom is -0.467 e. The maximum absolute atomic E-state index is 12.7. The second-order valence-corrected chi connectivity index (χ2v) is 6.28. The fourth-order valence-electron chi connectivity index (χ4n) is 2.91. The standard InChI is InChI=1S/C18H24N4O6/c1-12(18(26)28-3)20-16(24)14-10-21(7-8-22(14)15(23)11-27-2)17(25)13-5-4-6-19-9-13/h4-6,9,12,14H,7-8,10-11H2,1-3H3,(H,20,24)/t12-,14+/m1/s1. The molecule has 1 aromatic heterocycles. The van der Waals surface area contributed by atoms with Crippen molar-refractivity contribution in [2.75, 3.05) is 40.5 Å². The first kappa shape index (κ1) is 21.3. The zero-order chi connectivity index (χ0) is 20.7. The number of pyridine rings is 1. The van der Waals surface area contributed by atoms with E-state index in [1.807, 2.05) is 0 Å². The average Bonchev–Trinajstić information content (AvgIpc) is 2.72. The van der Waals surface area contributed by atoms with Crippen LogP contribution in [-0.4, -0.2) is 91.0 Å². The van der Waals surface area contributed by atoms with Crippen LogP contribution < -0.4 is 5.32 Å². The molecule has 1 fully saturated rings. The van der Waals surface area contributed by atoms with E-state index in [1.165, 1.54) is 37.1 Å². The molecule has 0 radical (unpaired) electrons. The number of amides is 3. The number of ether oxygens (including phenoxy) is 2. The number of nitrogens with one attached hydrogen (secondary N) is 1. The molecule has 3 amide bonds. The van der Waals surface area contributed by atoms with Gasteiger partial charge in [-0.05, 0) is 19.1 Å². The molecule has 10 nitrogen and oxygen atoms in total. The maximum Gasteiger partial charge on any atom is 0.328 e. The Morgan fingerprint density at radius 1 is 1.29 bits per heavy atom. The van der Waals surface area contributed by atoms with Crippen LogP contribution in [0.4, 0.5) is 0 Å². The minimum atomic E-state index is -0.955. The first-order valence-electron chi connectivity index (χ1n) is 8.75. The number of nitrogens with zero attached hydrogens (tertiary/aromatic N) is 3. The monoisotopic (exact) mass is 392 g/mol. The third-order valence-electron chi connectivity index (χ3n) is 4.38. The molecular formula is C18H24N4O6. The third kappa shape index (κ3) is 5.03. The lowest BCUT2D eigenvalue weighted by Gasteiger charge is -2.40. The van der Waals surface area contributed by atoms with Crippen LogP contribution in [0, 0.1) is 0 Å². The van der Waals surface area contributed by atoms with E-state index >= 15 is 0 Å². The fourth-order valence-corrected chi connectivity index (χ4v) is 2.91. The van der Waals surface area contributed by atoms with Gasteiger partial charge in [0.25, 0.3) is 5.91 Å². The normalized spacial score (nSPS) is 17.6. The topological polar surface area (TPSA) is 118 Å². The zero-order valence-electron chi connectivity index (χ0n) is 16.1. The van der Waals surface area contributed by atoms with Gasteiger partial charge in [-0.25, -0.2) is 4.79 Å². The second-order valence-electron chi connectivity index (χ2n) is 6.28. The van der Waals surface area contributed by atoms with Crippen molar-refractivity contribution in [1.29, 1.82) is 0 Å². The van der Waals surface area contributed by atoms with Gasteiger partial charge in [-0.3, -0.25) is 19.4 Å².